The second-order valence-corrected chi connectivity index (χ2v) is 5.17. The SMILES string of the molecule is C#N.CCOC(=O)CCc1ccccc1.Cl.O.O=C(O)CCc1ccccc1. The minimum absolute atomic E-state index is 0. The van der Waals surface area contributed by atoms with Gasteiger partial charge in [0.25, 0.3) is 0 Å². The number of nitrogens with zero attached hydrogens (tertiary/aromatic N) is 1. The number of carboxylic acid groups (broad SMARTS) is 1. The van der Waals surface area contributed by atoms with Gasteiger partial charge >= 0.3 is 11.9 Å². The number of carbonyl (C=O) groups excluding carboxylic acids is 1. The summed E-state index contributed by atoms with van der Waals surface area (Å²) in [5, 5.41) is 14.9. The number of benzene rings is 2. The largest absolute Gasteiger partial charge is 0.481 e. The summed E-state index contributed by atoms with van der Waals surface area (Å²) in [6.07, 6.45) is 2.07. The molecule has 6 nitrogen and oxygen atoms in total. The highest BCUT2D eigenvalue weighted by Crippen LogP contribution is 2.03. The van der Waals surface area contributed by atoms with Crippen LogP contribution in [0.5, 0.6) is 0 Å². The third-order valence-electron chi connectivity index (χ3n) is 3.24. The Kier molecular flexibility index (Phi) is 21.8. The van der Waals surface area contributed by atoms with Crippen LogP contribution in [-0.4, -0.2) is 29.1 Å². The number of halogens is 1. The highest BCUT2D eigenvalue weighted by molar-refractivity contribution is 5.85. The first-order valence-electron chi connectivity index (χ1n) is 8.33. The Hall–Kier alpha value is -2.88. The molecule has 0 unspecified atom stereocenters. The number of nitriles is 1. The third-order valence-corrected chi connectivity index (χ3v) is 3.24. The summed E-state index contributed by atoms with van der Waals surface area (Å²) in [5.41, 5.74) is 2.26. The summed E-state index contributed by atoms with van der Waals surface area (Å²) in [4.78, 5) is 21.2. The van der Waals surface area contributed by atoms with Gasteiger partial charge in [0.2, 0.25) is 0 Å². The Bertz CT molecular complexity index is 648. The van der Waals surface area contributed by atoms with Gasteiger partial charge in [0, 0.05) is 19.4 Å². The molecule has 0 amide bonds. The number of esters is 1. The molecule has 2 aromatic rings. The van der Waals surface area contributed by atoms with Crippen molar-refractivity contribution in [2.75, 3.05) is 6.61 Å². The van der Waals surface area contributed by atoms with Crippen molar-refractivity contribution in [3.8, 4) is 6.57 Å². The Balaban J connectivity index is -0.000000388. The molecule has 0 aliphatic rings. The number of ether oxygens (including phenoxy) is 1. The van der Waals surface area contributed by atoms with Gasteiger partial charge in [0.1, 0.15) is 0 Å². The molecule has 0 saturated carbocycles. The molecule has 0 bridgehead atoms. The molecular formula is C21H28ClNO5. The van der Waals surface area contributed by atoms with E-state index in [1.165, 1.54) is 5.56 Å². The van der Waals surface area contributed by atoms with Crippen molar-refractivity contribution in [3.05, 3.63) is 71.8 Å². The van der Waals surface area contributed by atoms with Crippen LogP contribution in [0.3, 0.4) is 0 Å². The van der Waals surface area contributed by atoms with Crippen molar-refractivity contribution < 1.29 is 24.9 Å². The summed E-state index contributed by atoms with van der Waals surface area (Å²) in [7, 11) is 0. The molecule has 0 spiro atoms. The van der Waals surface area contributed by atoms with Crippen molar-refractivity contribution in [1.29, 1.82) is 5.26 Å². The summed E-state index contributed by atoms with van der Waals surface area (Å²) in [6.45, 7) is 5.79. The Morgan fingerprint density at radius 2 is 1.29 bits per heavy atom. The fourth-order valence-electron chi connectivity index (χ4n) is 2.02. The molecule has 0 aliphatic heterocycles. The standard InChI is InChI=1S/C11H14O2.C9H10O2.CHN.ClH.H2O/c1-2-13-11(12)9-8-10-6-4-3-5-7-10;10-9(11)7-6-8-4-2-1-3-5-8;1-2;;/h3-7H,2,8-9H2,1H3;1-5H,6-7H2,(H,10,11);1H;1H;1H2. The van der Waals surface area contributed by atoms with Gasteiger partial charge in [-0.2, -0.15) is 0 Å². The minimum Gasteiger partial charge on any atom is -0.481 e. The highest BCUT2D eigenvalue weighted by Gasteiger charge is 2.01. The van der Waals surface area contributed by atoms with Crippen molar-refractivity contribution in [1.82, 2.24) is 0 Å². The molecule has 28 heavy (non-hydrogen) atoms. The average Bonchev–Trinajstić information content (AvgIpc) is 2.69. The molecule has 2 aromatic carbocycles. The number of hydrogen-bond donors (Lipinski definition) is 1. The first-order chi connectivity index (χ1) is 12.6. The molecule has 7 heteroatoms. The molecule has 154 valence electrons. The van der Waals surface area contributed by atoms with Crippen molar-refractivity contribution in [2.45, 2.75) is 32.6 Å². The Morgan fingerprint density at radius 3 is 1.64 bits per heavy atom. The number of aryl methyl sites for hydroxylation is 2. The summed E-state index contributed by atoms with van der Waals surface area (Å²) < 4.78 is 4.82. The quantitative estimate of drug-likeness (QED) is 0.700. The van der Waals surface area contributed by atoms with Crippen LogP contribution in [0, 0.1) is 11.8 Å². The fraction of sp³-hybridized carbons (Fsp3) is 0.286. The molecule has 0 aliphatic carbocycles. The second kappa shape index (κ2) is 20.4. The van der Waals surface area contributed by atoms with E-state index in [1.54, 1.807) is 0 Å². The topological polar surface area (TPSA) is 119 Å². The lowest BCUT2D eigenvalue weighted by Crippen LogP contribution is -2.04. The maximum atomic E-state index is 11.0. The average molecular weight is 410 g/mol. The van der Waals surface area contributed by atoms with E-state index in [-0.39, 0.29) is 30.3 Å². The molecule has 3 N–H and O–H groups in total. The Labute approximate surface area is 172 Å². The summed E-state index contributed by atoms with van der Waals surface area (Å²) >= 11 is 0. The predicted octanol–water partition coefficient (Wildman–Crippen LogP) is 3.62. The van der Waals surface area contributed by atoms with Crippen molar-refractivity contribution >= 4 is 24.3 Å². The third kappa shape index (κ3) is 16.6. The van der Waals surface area contributed by atoms with Gasteiger partial charge in [-0.15, -0.1) is 12.4 Å². The zero-order chi connectivity index (χ0) is 19.6. The number of rotatable bonds is 7. The second-order valence-electron chi connectivity index (χ2n) is 5.17. The summed E-state index contributed by atoms with van der Waals surface area (Å²) in [6, 6.07) is 19.6. The van der Waals surface area contributed by atoms with Crippen LogP contribution in [-0.2, 0) is 27.2 Å². The zero-order valence-corrected chi connectivity index (χ0v) is 16.7. The van der Waals surface area contributed by atoms with Gasteiger partial charge in [0.05, 0.1) is 6.61 Å². The van der Waals surface area contributed by atoms with E-state index in [9.17, 15) is 9.59 Å². The molecule has 0 fully saturated rings. The van der Waals surface area contributed by atoms with E-state index in [0.717, 1.165) is 12.0 Å². The van der Waals surface area contributed by atoms with Crippen LogP contribution in [0.2, 0.25) is 0 Å². The molecular weight excluding hydrogens is 382 g/mol. The van der Waals surface area contributed by atoms with Crippen molar-refractivity contribution in [2.24, 2.45) is 0 Å². The van der Waals surface area contributed by atoms with Gasteiger partial charge in [-0.05, 0) is 30.9 Å². The van der Waals surface area contributed by atoms with Gasteiger partial charge in [-0.25, -0.2) is 5.26 Å². The van der Waals surface area contributed by atoms with Crippen LogP contribution in [0.4, 0.5) is 0 Å². The minimum atomic E-state index is -0.742. The highest BCUT2D eigenvalue weighted by atomic mass is 35.5. The number of carbonyl (C=O) groups is 2. The molecule has 0 saturated heterocycles. The lowest BCUT2D eigenvalue weighted by molar-refractivity contribution is -0.143. The molecule has 0 aromatic heterocycles. The zero-order valence-electron chi connectivity index (χ0n) is 15.9. The van der Waals surface area contributed by atoms with E-state index < -0.39 is 5.97 Å². The molecule has 2 rings (SSSR count). The normalized spacial score (nSPS) is 8.25. The van der Waals surface area contributed by atoms with E-state index in [4.69, 9.17) is 15.1 Å². The van der Waals surface area contributed by atoms with E-state index in [2.05, 4.69) is 6.57 Å². The maximum Gasteiger partial charge on any atom is 0.306 e. The fourth-order valence-corrected chi connectivity index (χ4v) is 2.02. The molecule has 0 radical (unpaired) electrons. The monoisotopic (exact) mass is 409 g/mol. The molecule has 0 atom stereocenters. The number of hydrogen-bond acceptors (Lipinski definition) is 4. The first-order valence-corrected chi connectivity index (χ1v) is 8.33. The molecule has 0 heterocycles. The van der Waals surface area contributed by atoms with E-state index in [1.807, 2.05) is 67.6 Å². The van der Waals surface area contributed by atoms with Gasteiger partial charge < -0.3 is 15.3 Å². The van der Waals surface area contributed by atoms with Crippen LogP contribution in [0.1, 0.15) is 30.9 Å². The van der Waals surface area contributed by atoms with Crippen LogP contribution < -0.4 is 0 Å². The Morgan fingerprint density at radius 1 is 0.893 bits per heavy atom. The van der Waals surface area contributed by atoms with Gasteiger partial charge in [-0.3, -0.25) is 9.59 Å². The van der Waals surface area contributed by atoms with Crippen LogP contribution in [0.15, 0.2) is 60.7 Å². The van der Waals surface area contributed by atoms with Gasteiger partial charge in [0.15, 0.2) is 0 Å². The maximum absolute atomic E-state index is 11.0. The first kappa shape index (κ1) is 29.9. The predicted molar refractivity (Wildman–Crippen MR) is 111 cm³/mol. The van der Waals surface area contributed by atoms with E-state index in [0.29, 0.717) is 19.4 Å². The number of carboxylic acids is 1. The lowest BCUT2D eigenvalue weighted by Gasteiger charge is -2.01. The lowest BCUT2D eigenvalue weighted by atomic mass is 10.1. The van der Waals surface area contributed by atoms with Crippen LogP contribution in [0.25, 0.3) is 0 Å². The van der Waals surface area contributed by atoms with Gasteiger partial charge in [-0.1, -0.05) is 60.7 Å². The van der Waals surface area contributed by atoms with Crippen LogP contribution >= 0.6 is 12.4 Å². The smallest absolute Gasteiger partial charge is 0.306 e. The van der Waals surface area contributed by atoms with Crippen molar-refractivity contribution in [3.63, 3.8) is 0 Å². The van der Waals surface area contributed by atoms with E-state index >= 15 is 0 Å². The summed E-state index contributed by atoms with van der Waals surface area (Å²) in [5.74, 6) is -0.861. The number of aliphatic carboxylic acids is 1.